The van der Waals surface area contributed by atoms with Crippen molar-refractivity contribution in [1.82, 2.24) is 0 Å². The van der Waals surface area contributed by atoms with Crippen molar-refractivity contribution in [3.05, 3.63) is 29.3 Å². The summed E-state index contributed by atoms with van der Waals surface area (Å²) in [7, 11) is 0. The van der Waals surface area contributed by atoms with Crippen LogP contribution in [0.15, 0.2) is 18.2 Å². The van der Waals surface area contributed by atoms with Crippen molar-refractivity contribution >= 4 is 0 Å². The van der Waals surface area contributed by atoms with E-state index < -0.39 is 24.3 Å². The van der Waals surface area contributed by atoms with Gasteiger partial charge in [-0.1, -0.05) is 0 Å². The Balaban J connectivity index is 2.84. The van der Waals surface area contributed by atoms with Gasteiger partial charge in [0.25, 0.3) is 5.92 Å². The van der Waals surface area contributed by atoms with Gasteiger partial charge in [-0.05, 0) is 30.7 Å². The fourth-order valence-electron chi connectivity index (χ4n) is 1.19. The van der Waals surface area contributed by atoms with E-state index in [0.29, 0.717) is 6.92 Å². The van der Waals surface area contributed by atoms with E-state index in [9.17, 15) is 22.0 Å². The third-order valence-electron chi connectivity index (χ3n) is 1.98. The zero-order valence-corrected chi connectivity index (χ0v) is 9.24. The molecule has 0 radical (unpaired) electrons. The number of benzene rings is 1. The van der Waals surface area contributed by atoms with E-state index in [0.717, 1.165) is 18.2 Å². The number of hydrogen-bond donors (Lipinski definition) is 0. The molecule has 0 aliphatic rings. The van der Waals surface area contributed by atoms with Gasteiger partial charge >= 0.3 is 6.18 Å². The van der Waals surface area contributed by atoms with Gasteiger partial charge in [0.2, 0.25) is 0 Å². The normalized spacial score (nSPS) is 12.6. The molecule has 0 fully saturated rings. The van der Waals surface area contributed by atoms with Gasteiger partial charge in [-0.3, -0.25) is 0 Å². The molecule has 1 aromatic carbocycles. The average Bonchev–Trinajstić information content (AvgIpc) is 2.12. The molecule has 0 atom stereocenters. The predicted molar refractivity (Wildman–Crippen MR) is 52.3 cm³/mol. The van der Waals surface area contributed by atoms with Crippen LogP contribution in [0.3, 0.4) is 0 Å². The van der Waals surface area contributed by atoms with Crippen LogP contribution in [0.1, 0.15) is 18.1 Å². The number of halogens is 5. The van der Waals surface area contributed by atoms with Gasteiger partial charge in [0.15, 0.2) is 6.61 Å². The molecule has 0 saturated heterocycles. The Morgan fingerprint density at radius 3 is 2.12 bits per heavy atom. The van der Waals surface area contributed by atoms with Crippen LogP contribution < -0.4 is 4.74 Å². The summed E-state index contributed by atoms with van der Waals surface area (Å²) >= 11 is 0. The molecule has 0 amide bonds. The van der Waals surface area contributed by atoms with Crippen molar-refractivity contribution in [2.75, 3.05) is 6.61 Å². The lowest BCUT2D eigenvalue weighted by atomic mass is 10.1. The van der Waals surface area contributed by atoms with E-state index in [-0.39, 0.29) is 11.3 Å². The molecule has 0 bridgehead atoms. The fourth-order valence-corrected chi connectivity index (χ4v) is 1.19. The van der Waals surface area contributed by atoms with Crippen molar-refractivity contribution in [2.45, 2.75) is 25.9 Å². The highest BCUT2D eigenvalue weighted by Crippen LogP contribution is 2.32. The molecule has 0 spiro atoms. The first kappa shape index (κ1) is 13.7. The minimum atomic E-state index is -4.45. The Hall–Kier alpha value is -1.33. The van der Waals surface area contributed by atoms with Gasteiger partial charge in [-0.15, -0.1) is 0 Å². The van der Waals surface area contributed by atoms with E-state index in [4.69, 9.17) is 4.74 Å². The van der Waals surface area contributed by atoms with Crippen LogP contribution in [0.4, 0.5) is 22.0 Å². The smallest absolute Gasteiger partial charge is 0.416 e. The molecule has 96 valence electrons. The Morgan fingerprint density at radius 2 is 1.71 bits per heavy atom. The van der Waals surface area contributed by atoms with Gasteiger partial charge in [0.05, 0.1) is 5.56 Å². The highest BCUT2D eigenvalue weighted by atomic mass is 19.4. The lowest BCUT2D eigenvalue weighted by molar-refractivity contribution is -0.137. The van der Waals surface area contributed by atoms with E-state index in [1.54, 1.807) is 0 Å². The molecule has 0 aliphatic carbocycles. The van der Waals surface area contributed by atoms with Gasteiger partial charge < -0.3 is 4.74 Å². The number of hydrogen-bond acceptors (Lipinski definition) is 1. The van der Waals surface area contributed by atoms with Crippen LogP contribution in [0.25, 0.3) is 0 Å². The molecule has 6 heteroatoms. The van der Waals surface area contributed by atoms with Crippen LogP contribution in [-0.2, 0) is 6.18 Å². The summed E-state index contributed by atoms with van der Waals surface area (Å²) in [5.41, 5.74) is -0.658. The van der Waals surface area contributed by atoms with E-state index in [1.807, 2.05) is 0 Å². The Kier molecular flexibility index (Phi) is 3.64. The minimum absolute atomic E-state index is 0.0273. The molecule has 1 aromatic rings. The van der Waals surface area contributed by atoms with Gasteiger partial charge in [0, 0.05) is 6.92 Å². The fraction of sp³-hybridized carbons (Fsp3) is 0.455. The molecule has 1 nitrogen and oxygen atoms in total. The van der Waals surface area contributed by atoms with E-state index in [1.165, 1.54) is 6.92 Å². The first-order chi connectivity index (χ1) is 7.59. The molecule has 0 unspecified atom stereocenters. The molecular weight excluding hydrogens is 243 g/mol. The lowest BCUT2D eigenvalue weighted by Crippen LogP contribution is -2.21. The summed E-state index contributed by atoms with van der Waals surface area (Å²) in [4.78, 5) is 0. The molecular formula is C11H11F5O. The molecule has 1 rings (SSSR count). The summed E-state index contributed by atoms with van der Waals surface area (Å²) in [6.07, 6.45) is -4.45. The van der Waals surface area contributed by atoms with Crippen LogP contribution in [0.5, 0.6) is 5.75 Å². The third-order valence-corrected chi connectivity index (χ3v) is 1.98. The van der Waals surface area contributed by atoms with E-state index >= 15 is 0 Å². The number of aryl methyl sites for hydroxylation is 1. The Labute approximate surface area is 95.2 Å². The number of ether oxygens (including phenoxy) is 1. The monoisotopic (exact) mass is 254 g/mol. The zero-order valence-electron chi connectivity index (χ0n) is 9.24. The minimum Gasteiger partial charge on any atom is -0.487 e. The predicted octanol–water partition coefficient (Wildman–Crippen LogP) is 4.05. The quantitative estimate of drug-likeness (QED) is 0.739. The first-order valence-electron chi connectivity index (χ1n) is 4.78. The average molecular weight is 254 g/mol. The summed E-state index contributed by atoms with van der Waals surface area (Å²) in [6.45, 7) is 1.18. The molecule has 0 saturated carbocycles. The first-order valence-corrected chi connectivity index (χ1v) is 4.78. The van der Waals surface area contributed by atoms with Crippen LogP contribution in [0, 0.1) is 6.92 Å². The Morgan fingerprint density at radius 1 is 1.12 bits per heavy atom. The maximum Gasteiger partial charge on any atom is 0.416 e. The van der Waals surface area contributed by atoms with Gasteiger partial charge in [-0.25, -0.2) is 8.78 Å². The third kappa shape index (κ3) is 4.20. The second-order valence-electron chi connectivity index (χ2n) is 3.84. The van der Waals surface area contributed by atoms with Gasteiger partial charge in [-0.2, -0.15) is 13.2 Å². The molecule has 0 aromatic heterocycles. The lowest BCUT2D eigenvalue weighted by Gasteiger charge is -2.15. The SMILES string of the molecule is Cc1cc(C(F)(F)F)ccc1OCC(C)(F)F. The van der Waals surface area contributed by atoms with E-state index in [2.05, 4.69) is 0 Å². The molecule has 17 heavy (non-hydrogen) atoms. The van der Waals surface area contributed by atoms with Crippen LogP contribution in [0.2, 0.25) is 0 Å². The van der Waals surface area contributed by atoms with Crippen molar-refractivity contribution < 1.29 is 26.7 Å². The standard InChI is InChI=1S/C11H11F5O/c1-7-5-8(11(14,15)16)3-4-9(7)17-6-10(2,12)13/h3-5H,6H2,1-2H3. The summed E-state index contributed by atoms with van der Waals surface area (Å²) < 4.78 is 66.7. The van der Waals surface area contributed by atoms with Crippen molar-refractivity contribution in [2.24, 2.45) is 0 Å². The van der Waals surface area contributed by atoms with Crippen LogP contribution in [-0.4, -0.2) is 12.5 Å². The summed E-state index contributed by atoms with van der Waals surface area (Å²) in [5.74, 6) is -2.99. The van der Waals surface area contributed by atoms with Crippen molar-refractivity contribution in [3.63, 3.8) is 0 Å². The number of rotatable bonds is 3. The maximum atomic E-state index is 12.5. The largest absolute Gasteiger partial charge is 0.487 e. The molecule has 0 heterocycles. The number of alkyl halides is 5. The topological polar surface area (TPSA) is 9.23 Å². The van der Waals surface area contributed by atoms with Gasteiger partial charge in [0.1, 0.15) is 5.75 Å². The second kappa shape index (κ2) is 4.50. The summed E-state index contributed by atoms with van der Waals surface area (Å²) in [5, 5.41) is 0. The molecule has 0 N–H and O–H groups in total. The zero-order chi connectivity index (χ0) is 13.3. The molecule has 0 aliphatic heterocycles. The maximum absolute atomic E-state index is 12.5. The highest BCUT2D eigenvalue weighted by molar-refractivity contribution is 5.37. The Bertz CT molecular complexity index is 392. The van der Waals surface area contributed by atoms with Crippen molar-refractivity contribution in [3.8, 4) is 5.75 Å². The van der Waals surface area contributed by atoms with Crippen LogP contribution >= 0.6 is 0 Å². The van der Waals surface area contributed by atoms with Crippen molar-refractivity contribution in [1.29, 1.82) is 0 Å². The second-order valence-corrected chi connectivity index (χ2v) is 3.84. The summed E-state index contributed by atoms with van der Waals surface area (Å²) in [6, 6.07) is 2.71. The highest BCUT2D eigenvalue weighted by Gasteiger charge is 2.31.